The number of carbonyl (C=O) groups excluding carboxylic acids is 1. The molecule has 3 aromatic heterocycles. The minimum Gasteiger partial charge on any atom is -0.489 e. The lowest BCUT2D eigenvalue weighted by Gasteiger charge is -2.36. The molecule has 0 unspecified atom stereocenters. The smallest absolute Gasteiger partial charge is 0.255 e. The largest absolute Gasteiger partial charge is 0.489 e. The van der Waals surface area contributed by atoms with Gasteiger partial charge in [0.15, 0.2) is 0 Å². The molecule has 10 heteroatoms. The molecule has 210 valence electrons. The van der Waals surface area contributed by atoms with Crippen molar-refractivity contribution in [3.63, 3.8) is 0 Å². The second kappa shape index (κ2) is 11.3. The Morgan fingerprint density at radius 3 is 2.73 bits per heavy atom. The molecular weight excluding hydrogens is 526 g/mol. The summed E-state index contributed by atoms with van der Waals surface area (Å²) < 4.78 is 13.5. The summed E-state index contributed by atoms with van der Waals surface area (Å²) in [4.78, 5) is 18.5. The number of rotatable bonds is 11. The average molecular weight is 562 g/mol. The zero-order valence-electron chi connectivity index (χ0n) is 23.0. The van der Waals surface area contributed by atoms with Gasteiger partial charge in [0.25, 0.3) is 5.91 Å². The van der Waals surface area contributed by atoms with Crippen LogP contribution in [0, 0.1) is 5.92 Å². The van der Waals surface area contributed by atoms with E-state index in [1.54, 1.807) is 42.9 Å². The molecule has 1 atom stereocenters. The van der Waals surface area contributed by atoms with E-state index in [1.165, 1.54) is 11.3 Å². The van der Waals surface area contributed by atoms with Gasteiger partial charge in [0, 0.05) is 17.3 Å². The van der Waals surface area contributed by atoms with Gasteiger partial charge in [-0.2, -0.15) is 5.10 Å². The summed E-state index contributed by atoms with van der Waals surface area (Å²) >= 11 is 1.49. The van der Waals surface area contributed by atoms with Gasteiger partial charge in [0.2, 0.25) is 5.88 Å². The third-order valence-corrected chi connectivity index (χ3v) is 7.93. The van der Waals surface area contributed by atoms with Crippen molar-refractivity contribution in [2.75, 3.05) is 6.61 Å². The monoisotopic (exact) mass is 561 g/mol. The highest BCUT2D eigenvalue weighted by atomic mass is 32.1. The van der Waals surface area contributed by atoms with E-state index in [4.69, 9.17) is 20.2 Å². The third-order valence-electron chi connectivity index (χ3n) is 6.77. The second-order valence-corrected chi connectivity index (χ2v) is 12.1. The summed E-state index contributed by atoms with van der Waals surface area (Å²) in [5.41, 5.74) is 7.75. The van der Waals surface area contributed by atoms with Crippen LogP contribution < -0.4 is 20.5 Å². The summed E-state index contributed by atoms with van der Waals surface area (Å²) in [5.74, 6) is 1.39. The van der Waals surface area contributed by atoms with Crippen molar-refractivity contribution in [2.24, 2.45) is 11.7 Å². The lowest BCUT2D eigenvalue weighted by Crippen LogP contribution is -2.40. The van der Waals surface area contributed by atoms with E-state index in [0.717, 1.165) is 34.7 Å². The number of amides is 1. The Labute approximate surface area is 237 Å². The van der Waals surface area contributed by atoms with Crippen LogP contribution in [0.15, 0.2) is 61.4 Å². The van der Waals surface area contributed by atoms with E-state index in [-0.39, 0.29) is 24.7 Å². The zero-order valence-corrected chi connectivity index (χ0v) is 23.8. The van der Waals surface area contributed by atoms with Crippen molar-refractivity contribution < 1.29 is 19.4 Å². The summed E-state index contributed by atoms with van der Waals surface area (Å²) in [6.45, 7) is 9.42. The van der Waals surface area contributed by atoms with Crippen LogP contribution in [0.5, 0.6) is 11.6 Å². The molecule has 0 bridgehead atoms. The van der Waals surface area contributed by atoms with Gasteiger partial charge in [-0.15, -0.1) is 11.3 Å². The maximum Gasteiger partial charge on any atom is 0.255 e. The van der Waals surface area contributed by atoms with Crippen molar-refractivity contribution in [3.8, 4) is 22.2 Å². The molecule has 0 spiro atoms. The Hall–Kier alpha value is -3.89. The number of aromatic nitrogens is 3. The topological polar surface area (TPSA) is 124 Å². The summed E-state index contributed by atoms with van der Waals surface area (Å²) in [6, 6.07) is 13.5. The molecule has 0 saturated heterocycles. The van der Waals surface area contributed by atoms with E-state index in [2.05, 4.69) is 17.0 Å². The number of benzene rings is 1. The fourth-order valence-electron chi connectivity index (χ4n) is 4.76. The van der Waals surface area contributed by atoms with Gasteiger partial charge in [0.1, 0.15) is 28.3 Å². The number of carbonyl (C=O) groups is 1. The Balaban J connectivity index is 1.13. The summed E-state index contributed by atoms with van der Waals surface area (Å²) in [5, 5.41) is 18.1. The highest BCUT2D eigenvalue weighted by molar-refractivity contribution is 7.16. The number of nitrogens with zero attached hydrogens (tertiary/aromatic N) is 3. The molecule has 1 aliphatic rings. The highest BCUT2D eigenvalue weighted by Crippen LogP contribution is 2.39. The van der Waals surface area contributed by atoms with Crippen LogP contribution in [0.3, 0.4) is 0 Å². The van der Waals surface area contributed by atoms with E-state index in [0.29, 0.717) is 34.3 Å². The maximum atomic E-state index is 13.0. The minimum absolute atomic E-state index is 0.00821. The summed E-state index contributed by atoms with van der Waals surface area (Å²) in [6.07, 6.45) is 5.95. The number of hydrogen-bond donors (Lipinski definition) is 3. The molecule has 1 amide bonds. The lowest BCUT2D eigenvalue weighted by molar-refractivity contribution is 0.0283. The Morgan fingerprint density at radius 1 is 1.27 bits per heavy atom. The van der Waals surface area contributed by atoms with Gasteiger partial charge in [-0.1, -0.05) is 36.9 Å². The molecule has 3 heterocycles. The predicted octanol–water partition coefficient (Wildman–Crippen LogP) is 4.90. The van der Waals surface area contributed by atoms with Gasteiger partial charge in [-0.3, -0.25) is 4.79 Å². The second-order valence-electron chi connectivity index (χ2n) is 11.1. The zero-order chi connectivity index (χ0) is 28.4. The minimum atomic E-state index is -0.942. The number of nitrogens with two attached hydrogens (primary N) is 1. The number of hydrogen-bond acceptors (Lipinski definition) is 8. The Kier molecular flexibility index (Phi) is 7.82. The van der Waals surface area contributed by atoms with Crippen molar-refractivity contribution in [1.29, 1.82) is 0 Å². The van der Waals surface area contributed by atoms with E-state index < -0.39 is 5.60 Å². The van der Waals surface area contributed by atoms with Crippen molar-refractivity contribution in [3.05, 3.63) is 71.9 Å². The first-order valence-corrected chi connectivity index (χ1v) is 14.2. The molecule has 0 aliphatic heterocycles. The van der Waals surface area contributed by atoms with Gasteiger partial charge >= 0.3 is 0 Å². The van der Waals surface area contributed by atoms with Crippen LogP contribution in [0.1, 0.15) is 55.3 Å². The molecular formula is C30H35N5O4S. The maximum absolute atomic E-state index is 13.0. The van der Waals surface area contributed by atoms with Crippen LogP contribution >= 0.6 is 11.3 Å². The fourth-order valence-corrected chi connectivity index (χ4v) is 5.65. The Bertz CT molecular complexity index is 1500. The van der Waals surface area contributed by atoms with Crippen LogP contribution in [-0.4, -0.2) is 50.0 Å². The van der Waals surface area contributed by atoms with Crippen molar-refractivity contribution >= 4 is 28.5 Å². The van der Waals surface area contributed by atoms with E-state index in [9.17, 15) is 9.90 Å². The first-order chi connectivity index (χ1) is 19.1. The average Bonchev–Trinajstić information content (AvgIpc) is 3.50. The van der Waals surface area contributed by atoms with E-state index in [1.807, 2.05) is 37.3 Å². The lowest BCUT2D eigenvalue weighted by atomic mass is 9.78. The SMILES string of the molecule is C=C(N)c1sc(-c2ccccc2)nc1OC1CC(C[C@H](C)NC(=O)c2cnn3cc(OCC(C)(C)O)ccc23)C1. The van der Waals surface area contributed by atoms with Crippen molar-refractivity contribution in [2.45, 2.75) is 57.8 Å². The normalized spacial score (nSPS) is 17.7. The Morgan fingerprint density at radius 2 is 2.02 bits per heavy atom. The number of aliphatic hydroxyl groups is 1. The van der Waals surface area contributed by atoms with E-state index >= 15 is 0 Å². The number of fused-ring (bicyclic) bond motifs is 1. The molecule has 1 saturated carbocycles. The third kappa shape index (κ3) is 6.46. The van der Waals surface area contributed by atoms with Crippen LogP contribution in [0.4, 0.5) is 0 Å². The molecule has 40 heavy (non-hydrogen) atoms. The molecule has 1 aromatic carbocycles. The van der Waals surface area contributed by atoms with Crippen molar-refractivity contribution in [1.82, 2.24) is 19.9 Å². The molecule has 4 aromatic rings. The van der Waals surface area contributed by atoms with Gasteiger partial charge in [0.05, 0.1) is 29.1 Å². The molecule has 5 rings (SSSR count). The van der Waals surface area contributed by atoms with Crippen LogP contribution in [0.2, 0.25) is 0 Å². The molecule has 4 N–H and O–H groups in total. The summed E-state index contributed by atoms with van der Waals surface area (Å²) in [7, 11) is 0. The molecule has 9 nitrogen and oxygen atoms in total. The first-order valence-electron chi connectivity index (χ1n) is 13.4. The number of nitrogens with one attached hydrogen (secondary N) is 1. The quantitative estimate of drug-likeness (QED) is 0.238. The van der Waals surface area contributed by atoms with Crippen LogP contribution in [-0.2, 0) is 0 Å². The van der Waals surface area contributed by atoms with Crippen LogP contribution in [0.25, 0.3) is 21.8 Å². The predicted molar refractivity (Wildman–Crippen MR) is 156 cm³/mol. The van der Waals surface area contributed by atoms with Gasteiger partial charge in [-0.25, -0.2) is 9.50 Å². The standard InChI is InChI=1S/C30H35N5O4S/c1-18(33-27(36)24-15-32-35-16-22(10-11-25(24)35)38-17-30(3,4)37)12-20-13-23(14-20)39-28-26(19(2)31)40-29(34-28)21-8-6-5-7-9-21/h5-11,15-16,18,20,23,37H,2,12-14,17,31H2,1,3-4H3,(H,33,36)/t18-,20?,23?/m0/s1. The fraction of sp³-hybridized carbons (Fsp3) is 0.367. The number of ether oxygens (including phenoxy) is 2. The number of pyridine rings is 1. The molecule has 1 fully saturated rings. The first kappa shape index (κ1) is 27.7. The molecule has 1 aliphatic carbocycles. The van der Waals surface area contributed by atoms with Gasteiger partial charge in [-0.05, 0) is 58.1 Å². The van der Waals surface area contributed by atoms with Gasteiger partial charge < -0.3 is 25.6 Å². The molecule has 0 radical (unpaired) electrons. The highest BCUT2D eigenvalue weighted by Gasteiger charge is 2.33. The number of thiazole rings is 1.